The van der Waals surface area contributed by atoms with Gasteiger partial charge in [0.25, 0.3) is 0 Å². The molecule has 0 radical (unpaired) electrons. The number of unbranched alkanes of at least 4 members (excludes halogenated alkanes) is 4. The van der Waals surface area contributed by atoms with E-state index in [1.165, 1.54) is 32.1 Å². The van der Waals surface area contributed by atoms with Crippen LogP contribution in [-0.4, -0.2) is 0 Å². The average molecular weight is 192 g/mol. The topological polar surface area (TPSA) is 0 Å². The Hall–Kier alpha value is -0.780. The molecule has 0 rings (SSSR count). The second kappa shape index (κ2) is 12.2. The maximum Gasteiger partial charge on any atom is -0.0316 e. The number of rotatable bonds is 9. The van der Waals surface area contributed by atoms with E-state index >= 15 is 0 Å². The smallest absolute Gasteiger partial charge is 0.0316 e. The maximum absolute atomic E-state index is 3.69. The lowest BCUT2D eigenvalue weighted by atomic mass is 10.2. The van der Waals surface area contributed by atoms with Crippen LogP contribution >= 0.6 is 0 Å². The van der Waals surface area contributed by atoms with Gasteiger partial charge in [0.15, 0.2) is 0 Å². The van der Waals surface area contributed by atoms with Crippen molar-refractivity contribution in [2.45, 2.75) is 51.9 Å². The van der Waals surface area contributed by atoms with Crippen molar-refractivity contribution in [1.82, 2.24) is 0 Å². The van der Waals surface area contributed by atoms with Crippen molar-refractivity contribution in [2.75, 3.05) is 0 Å². The molecule has 0 aliphatic heterocycles. The molecule has 0 aromatic heterocycles. The van der Waals surface area contributed by atoms with E-state index in [4.69, 9.17) is 0 Å². The van der Waals surface area contributed by atoms with Gasteiger partial charge in [-0.05, 0) is 32.1 Å². The fraction of sp³-hybridized carbons (Fsp3) is 0.571. The lowest BCUT2D eigenvalue weighted by Gasteiger charge is -1.89. The molecule has 0 atom stereocenters. The summed E-state index contributed by atoms with van der Waals surface area (Å²) in [5.74, 6) is 0. The summed E-state index contributed by atoms with van der Waals surface area (Å²) in [6, 6.07) is 0. The molecule has 0 heteroatoms. The van der Waals surface area contributed by atoms with Crippen LogP contribution in [0.15, 0.2) is 37.0 Å². The molecule has 0 aromatic rings. The van der Waals surface area contributed by atoms with E-state index in [1.54, 1.807) is 0 Å². The van der Waals surface area contributed by atoms with Crippen molar-refractivity contribution < 1.29 is 0 Å². The van der Waals surface area contributed by atoms with Crippen LogP contribution < -0.4 is 0 Å². The molecule has 0 fully saturated rings. The normalized spacial score (nSPS) is 11.5. The molecular formula is C14H24. The lowest BCUT2D eigenvalue weighted by molar-refractivity contribution is 0.811. The van der Waals surface area contributed by atoms with Gasteiger partial charge in [-0.25, -0.2) is 0 Å². The summed E-state index contributed by atoms with van der Waals surface area (Å²) >= 11 is 0. The largest absolute Gasteiger partial charge is 0.103 e. The van der Waals surface area contributed by atoms with Gasteiger partial charge in [-0.15, -0.1) is 6.58 Å². The summed E-state index contributed by atoms with van der Waals surface area (Å²) in [6.45, 7) is 5.92. The molecule has 14 heavy (non-hydrogen) atoms. The first-order valence-electron chi connectivity index (χ1n) is 5.82. The highest BCUT2D eigenvalue weighted by Crippen LogP contribution is 2.00. The molecule has 0 aromatic carbocycles. The first-order valence-corrected chi connectivity index (χ1v) is 5.82. The predicted molar refractivity (Wildman–Crippen MR) is 66.5 cm³/mol. The molecule has 0 saturated carbocycles. The summed E-state index contributed by atoms with van der Waals surface area (Å²) in [5.41, 5.74) is 0. The SMILES string of the molecule is C=CCC/C=C/CC/C=C/CCCC. The van der Waals surface area contributed by atoms with Crippen LogP contribution in [-0.2, 0) is 0 Å². The predicted octanol–water partition coefficient (Wildman–Crippen LogP) is 5.04. The van der Waals surface area contributed by atoms with Gasteiger partial charge in [0.1, 0.15) is 0 Å². The molecule has 0 saturated heterocycles. The Morgan fingerprint density at radius 2 is 1.29 bits per heavy atom. The fourth-order valence-electron chi connectivity index (χ4n) is 1.20. The number of hydrogen-bond donors (Lipinski definition) is 0. The first kappa shape index (κ1) is 13.2. The third kappa shape index (κ3) is 11.2. The van der Waals surface area contributed by atoms with Gasteiger partial charge in [0.05, 0.1) is 0 Å². The molecular weight excluding hydrogens is 168 g/mol. The van der Waals surface area contributed by atoms with E-state index in [-0.39, 0.29) is 0 Å². The quantitative estimate of drug-likeness (QED) is 0.355. The third-order valence-electron chi connectivity index (χ3n) is 2.10. The van der Waals surface area contributed by atoms with Gasteiger partial charge >= 0.3 is 0 Å². The lowest BCUT2D eigenvalue weighted by Crippen LogP contribution is -1.69. The Morgan fingerprint density at radius 1 is 0.786 bits per heavy atom. The highest BCUT2D eigenvalue weighted by Gasteiger charge is 1.79. The van der Waals surface area contributed by atoms with Crippen LogP contribution in [0.1, 0.15) is 51.9 Å². The van der Waals surface area contributed by atoms with Crippen molar-refractivity contribution in [3.63, 3.8) is 0 Å². The number of hydrogen-bond acceptors (Lipinski definition) is 0. The molecule has 0 aliphatic rings. The second-order valence-electron chi connectivity index (χ2n) is 3.53. The Balaban J connectivity index is 3.15. The van der Waals surface area contributed by atoms with E-state index in [2.05, 4.69) is 37.8 Å². The highest BCUT2D eigenvalue weighted by atomic mass is 13.9. The summed E-state index contributed by atoms with van der Waals surface area (Å²) in [6.07, 6.45) is 19.6. The van der Waals surface area contributed by atoms with Gasteiger partial charge in [-0.1, -0.05) is 50.1 Å². The Kier molecular flexibility index (Phi) is 11.5. The zero-order valence-electron chi connectivity index (χ0n) is 9.54. The van der Waals surface area contributed by atoms with Crippen LogP contribution in [0, 0.1) is 0 Å². The third-order valence-corrected chi connectivity index (χ3v) is 2.10. The minimum absolute atomic E-state index is 1.10. The van der Waals surface area contributed by atoms with Crippen molar-refractivity contribution in [3.8, 4) is 0 Å². The first-order chi connectivity index (χ1) is 6.91. The van der Waals surface area contributed by atoms with Gasteiger partial charge in [-0.3, -0.25) is 0 Å². The molecule has 80 valence electrons. The van der Waals surface area contributed by atoms with E-state index in [1.807, 2.05) is 6.08 Å². The summed E-state index contributed by atoms with van der Waals surface area (Å²) in [5, 5.41) is 0. The highest BCUT2D eigenvalue weighted by molar-refractivity contribution is 4.89. The van der Waals surface area contributed by atoms with Crippen molar-refractivity contribution >= 4 is 0 Å². The Bertz CT molecular complexity index is 163. The van der Waals surface area contributed by atoms with Crippen LogP contribution in [0.4, 0.5) is 0 Å². The minimum Gasteiger partial charge on any atom is -0.103 e. The summed E-state index contributed by atoms with van der Waals surface area (Å²) in [7, 11) is 0. The minimum atomic E-state index is 1.10. The molecule has 0 nitrogen and oxygen atoms in total. The zero-order chi connectivity index (χ0) is 10.5. The van der Waals surface area contributed by atoms with Crippen molar-refractivity contribution in [3.05, 3.63) is 37.0 Å². The van der Waals surface area contributed by atoms with Gasteiger partial charge in [0, 0.05) is 0 Å². The van der Waals surface area contributed by atoms with Crippen molar-refractivity contribution in [2.24, 2.45) is 0 Å². The van der Waals surface area contributed by atoms with E-state index in [9.17, 15) is 0 Å². The van der Waals surface area contributed by atoms with Crippen LogP contribution in [0.3, 0.4) is 0 Å². The average Bonchev–Trinajstić information content (AvgIpc) is 2.21. The van der Waals surface area contributed by atoms with Crippen molar-refractivity contribution in [1.29, 1.82) is 0 Å². The standard InChI is InChI=1S/C14H24/c1-3-5-7-9-11-13-14-12-10-8-6-4-2/h3,9-12H,1,4-8,13-14H2,2H3/b11-9+,12-10+. The number of allylic oxidation sites excluding steroid dienone is 5. The molecule has 0 bridgehead atoms. The molecule has 0 aliphatic carbocycles. The molecule has 0 heterocycles. The van der Waals surface area contributed by atoms with Crippen LogP contribution in [0.5, 0.6) is 0 Å². The molecule has 0 amide bonds. The van der Waals surface area contributed by atoms with E-state index in [0.717, 1.165) is 12.8 Å². The summed E-state index contributed by atoms with van der Waals surface area (Å²) < 4.78 is 0. The van der Waals surface area contributed by atoms with Gasteiger partial charge in [-0.2, -0.15) is 0 Å². The maximum atomic E-state index is 3.69. The van der Waals surface area contributed by atoms with Gasteiger partial charge in [0.2, 0.25) is 0 Å². The van der Waals surface area contributed by atoms with Gasteiger partial charge < -0.3 is 0 Å². The van der Waals surface area contributed by atoms with Crippen LogP contribution in [0.25, 0.3) is 0 Å². The second-order valence-corrected chi connectivity index (χ2v) is 3.53. The Morgan fingerprint density at radius 3 is 1.79 bits per heavy atom. The van der Waals surface area contributed by atoms with Crippen LogP contribution in [0.2, 0.25) is 0 Å². The molecule has 0 spiro atoms. The van der Waals surface area contributed by atoms with E-state index in [0.29, 0.717) is 0 Å². The molecule has 0 unspecified atom stereocenters. The monoisotopic (exact) mass is 192 g/mol. The summed E-state index contributed by atoms with van der Waals surface area (Å²) in [4.78, 5) is 0. The van der Waals surface area contributed by atoms with E-state index < -0.39 is 0 Å². The zero-order valence-corrected chi connectivity index (χ0v) is 9.54. The fourth-order valence-corrected chi connectivity index (χ4v) is 1.20. The Labute approximate surface area is 89.4 Å². The molecule has 0 N–H and O–H groups in total.